The smallest absolute Gasteiger partial charge is 0.0784 e. The zero-order valence-corrected chi connectivity index (χ0v) is 12.8. The lowest BCUT2D eigenvalue weighted by Crippen LogP contribution is -2.42. The van der Waals surface area contributed by atoms with Gasteiger partial charge in [0.05, 0.1) is 5.60 Å². The Labute approximate surface area is 117 Å². The Bertz CT molecular complexity index is 380. The van der Waals surface area contributed by atoms with Crippen LogP contribution in [0.5, 0.6) is 0 Å². The molecule has 17 heavy (non-hydrogen) atoms. The average Bonchev–Trinajstić information content (AvgIpc) is 2.20. The summed E-state index contributed by atoms with van der Waals surface area (Å²) in [6.07, 6.45) is 0.541. The van der Waals surface area contributed by atoms with Crippen LogP contribution in [0.4, 0.5) is 0 Å². The standard InChI is InChI=1S/C13H19BrClNO/c1-9(2)16-8-13(3,17)7-10-4-5-11(14)6-12(10)15/h4-6,9,16-17H,7-8H2,1-3H3. The van der Waals surface area contributed by atoms with Gasteiger partial charge in [-0.3, -0.25) is 0 Å². The zero-order chi connectivity index (χ0) is 13.1. The molecule has 4 heteroatoms. The van der Waals surface area contributed by atoms with Gasteiger partial charge < -0.3 is 10.4 Å². The van der Waals surface area contributed by atoms with E-state index in [0.29, 0.717) is 24.0 Å². The normalized spacial score (nSPS) is 15.0. The first-order chi connectivity index (χ1) is 7.80. The van der Waals surface area contributed by atoms with Crippen molar-refractivity contribution >= 4 is 27.5 Å². The van der Waals surface area contributed by atoms with E-state index in [1.54, 1.807) is 0 Å². The van der Waals surface area contributed by atoms with E-state index < -0.39 is 5.60 Å². The molecule has 0 bridgehead atoms. The molecule has 0 radical (unpaired) electrons. The Kier molecular flexibility index (Phi) is 5.45. The van der Waals surface area contributed by atoms with Crippen molar-refractivity contribution in [2.24, 2.45) is 0 Å². The number of hydrogen-bond acceptors (Lipinski definition) is 2. The van der Waals surface area contributed by atoms with Gasteiger partial charge in [-0.05, 0) is 24.6 Å². The van der Waals surface area contributed by atoms with Crippen molar-refractivity contribution < 1.29 is 5.11 Å². The maximum Gasteiger partial charge on any atom is 0.0784 e. The van der Waals surface area contributed by atoms with E-state index in [9.17, 15) is 5.11 Å². The van der Waals surface area contributed by atoms with Crippen LogP contribution in [0.1, 0.15) is 26.3 Å². The minimum absolute atomic E-state index is 0.363. The second-order valence-electron chi connectivity index (χ2n) is 4.95. The average molecular weight is 321 g/mol. The van der Waals surface area contributed by atoms with Crippen molar-refractivity contribution in [3.05, 3.63) is 33.3 Å². The maximum absolute atomic E-state index is 10.3. The molecule has 0 amide bonds. The van der Waals surface area contributed by atoms with Gasteiger partial charge in [0.15, 0.2) is 0 Å². The van der Waals surface area contributed by atoms with E-state index in [2.05, 4.69) is 35.1 Å². The van der Waals surface area contributed by atoms with Crippen LogP contribution in [0, 0.1) is 0 Å². The van der Waals surface area contributed by atoms with Gasteiger partial charge in [-0.25, -0.2) is 0 Å². The first kappa shape index (κ1) is 15.0. The number of halogens is 2. The lowest BCUT2D eigenvalue weighted by atomic mass is 9.96. The molecule has 1 aromatic rings. The number of nitrogens with one attached hydrogen (secondary N) is 1. The fourth-order valence-corrected chi connectivity index (χ4v) is 2.30. The topological polar surface area (TPSA) is 32.3 Å². The lowest BCUT2D eigenvalue weighted by Gasteiger charge is -2.25. The highest BCUT2D eigenvalue weighted by molar-refractivity contribution is 9.10. The molecule has 0 aliphatic carbocycles. The van der Waals surface area contributed by atoms with Gasteiger partial charge in [-0.2, -0.15) is 0 Å². The van der Waals surface area contributed by atoms with Gasteiger partial charge in [0, 0.05) is 28.5 Å². The van der Waals surface area contributed by atoms with Gasteiger partial charge >= 0.3 is 0 Å². The minimum Gasteiger partial charge on any atom is -0.389 e. The second kappa shape index (κ2) is 6.19. The molecular weight excluding hydrogens is 302 g/mol. The molecule has 2 N–H and O–H groups in total. The third-order valence-electron chi connectivity index (χ3n) is 2.48. The molecule has 1 aromatic carbocycles. The van der Waals surface area contributed by atoms with E-state index in [4.69, 9.17) is 11.6 Å². The van der Waals surface area contributed by atoms with Crippen LogP contribution in [0.3, 0.4) is 0 Å². The molecule has 0 fully saturated rings. The van der Waals surface area contributed by atoms with Crippen LogP contribution < -0.4 is 5.32 Å². The van der Waals surface area contributed by atoms with Gasteiger partial charge in [0.1, 0.15) is 0 Å². The molecule has 0 heterocycles. The Morgan fingerprint density at radius 3 is 2.65 bits per heavy atom. The fourth-order valence-electron chi connectivity index (χ4n) is 1.56. The monoisotopic (exact) mass is 319 g/mol. The molecule has 0 aliphatic heterocycles. The Hall–Kier alpha value is -0.0900. The number of aliphatic hydroxyl groups is 1. The van der Waals surface area contributed by atoms with Crippen LogP contribution in [-0.2, 0) is 6.42 Å². The largest absolute Gasteiger partial charge is 0.389 e. The predicted octanol–water partition coefficient (Wildman–Crippen LogP) is 3.39. The van der Waals surface area contributed by atoms with Gasteiger partial charge in [0.25, 0.3) is 0 Å². The maximum atomic E-state index is 10.3. The summed E-state index contributed by atoms with van der Waals surface area (Å²) in [5.41, 5.74) is 0.173. The van der Waals surface area contributed by atoms with Crippen LogP contribution in [0.25, 0.3) is 0 Å². The van der Waals surface area contributed by atoms with Crippen molar-refractivity contribution in [1.29, 1.82) is 0 Å². The highest BCUT2D eigenvalue weighted by Gasteiger charge is 2.22. The molecule has 0 aliphatic rings. The highest BCUT2D eigenvalue weighted by atomic mass is 79.9. The molecule has 2 nitrogen and oxygen atoms in total. The molecule has 1 rings (SSSR count). The summed E-state index contributed by atoms with van der Waals surface area (Å²) in [6.45, 7) is 6.49. The summed E-state index contributed by atoms with van der Waals surface area (Å²) in [6, 6.07) is 6.09. The van der Waals surface area contributed by atoms with Crippen molar-refractivity contribution in [2.75, 3.05) is 6.54 Å². The van der Waals surface area contributed by atoms with E-state index in [1.165, 1.54) is 0 Å². The van der Waals surface area contributed by atoms with Crippen molar-refractivity contribution in [3.8, 4) is 0 Å². The summed E-state index contributed by atoms with van der Waals surface area (Å²) >= 11 is 9.50. The zero-order valence-electron chi connectivity index (χ0n) is 10.4. The second-order valence-corrected chi connectivity index (χ2v) is 6.27. The van der Waals surface area contributed by atoms with Crippen LogP contribution in [-0.4, -0.2) is 23.3 Å². The first-order valence-corrected chi connectivity index (χ1v) is 6.87. The fraction of sp³-hybridized carbons (Fsp3) is 0.538. The molecule has 0 spiro atoms. The summed E-state index contributed by atoms with van der Waals surface area (Å²) < 4.78 is 0.950. The summed E-state index contributed by atoms with van der Waals surface area (Å²) in [7, 11) is 0. The number of rotatable bonds is 5. The third kappa shape index (κ3) is 5.38. The van der Waals surface area contributed by atoms with Gasteiger partial charge in [-0.1, -0.05) is 47.4 Å². The summed E-state index contributed by atoms with van der Waals surface area (Å²) in [5, 5.41) is 14.2. The predicted molar refractivity (Wildman–Crippen MR) is 76.6 cm³/mol. The summed E-state index contributed by atoms with van der Waals surface area (Å²) in [5.74, 6) is 0. The van der Waals surface area contributed by atoms with E-state index >= 15 is 0 Å². The molecular formula is C13H19BrClNO. The molecule has 0 aromatic heterocycles. The molecule has 1 atom stereocenters. The minimum atomic E-state index is -0.790. The van der Waals surface area contributed by atoms with Gasteiger partial charge in [-0.15, -0.1) is 0 Å². The van der Waals surface area contributed by atoms with E-state index in [0.717, 1.165) is 10.0 Å². The van der Waals surface area contributed by atoms with E-state index in [-0.39, 0.29) is 0 Å². The SMILES string of the molecule is CC(C)NCC(C)(O)Cc1ccc(Br)cc1Cl. The molecule has 0 saturated heterocycles. The van der Waals surface area contributed by atoms with Crippen LogP contribution >= 0.6 is 27.5 Å². The lowest BCUT2D eigenvalue weighted by molar-refractivity contribution is 0.0581. The quantitative estimate of drug-likeness (QED) is 0.871. The Balaban J connectivity index is 2.68. The van der Waals surface area contributed by atoms with Crippen LogP contribution in [0.2, 0.25) is 5.02 Å². The van der Waals surface area contributed by atoms with Gasteiger partial charge in [0.2, 0.25) is 0 Å². The van der Waals surface area contributed by atoms with Crippen LogP contribution in [0.15, 0.2) is 22.7 Å². The Morgan fingerprint density at radius 1 is 1.47 bits per heavy atom. The summed E-state index contributed by atoms with van der Waals surface area (Å²) in [4.78, 5) is 0. The molecule has 1 unspecified atom stereocenters. The number of benzene rings is 1. The Morgan fingerprint density at radius 2 is 2.12 bits per heavy atom. The third-order valence-corrected chi connectivity index (χ3v) is 3.32. The van der Waals surface area contributed by atoms with Crippen molar-refractivity contribution in [2.45, 2.75) is 38.8 Å². The van der Waals surface area contributed by atoms with E-state index in [1.807, 2.05) is 25.1 Å². The highest BCUT2D eigenvalue weighted by Crippen LogP contribution is 2.24. The van der Waals surface area contributed by atoms with Crippen molar-refractivity contribution in [3.63, 3.8) is 0 Å². The van der Waals surface area contributed by atoms with Crippen molar-refractivity contribution in [1.82, 2.24) is 5.32 Å². The number of hydrogen-bond donors (Lipinski definition) is 2. The molecule has 96 valence electrons. The first-order valence-electron chi connectivity index (χ1n) is 5.70. The molecule has 0 saturated carbocycles.